The van der Waals surface area contributed by atoms with Gasteiger partial charge in [0.1, 0.15) is 0 Å². The average Bonchev–Trinajstić information content (AvgIpc) is 3.14. The van der Waals surface area contributed by atoms with Crippen LogP contribution in [0.3, 0.4) is 0 Å². The lowest BCUT2D eigenvalue weighted by Crippen LogP contribution is -2.42. The maximum Gasteiger partial charge on any atom is 0.269 e. The van der Waals surface area contributed by atoms with Crippen LogP contribution in [0.1, 0.15) is 46.5 Å². The number of fused-ring (bicyclic) bond motifs is 2. The zero-order valence-corrected chi connectivity index (χ0v) is 21.9. The Morgan fingerprint density at radius 1 is 0.842 bits per heavy atom. The van der Waals surface area contributed by atoms with E-state index in [1.807, 2.05) is 86.6 Å². The molecule has 1 heterocycles. The molecule has 0 radical (unpaired) electrons. The van der Waals surface area contributed by atoms with Gasteiger partial charge in [-0.3, -0.25) is 20.4 Å². The first-order chi connectivity index (χ1) is 18.6. The average molecular weight is 519 g/mol. The summed E-state index contributed by atoms with van der Waals surface area (Å²) in [5.41, 5.74) is 10.0. The van der Waals surface area contributed by atoms with Crippen LogP contribution in [0.15, 0.2) is 112 Å². The van der Waals surface area contributed by atoms with E-state index in [0.29, 0.717) is 16.8 Å². The van der Waals surface area contributed by atoms with E-state index >= 15 is 0 Å². The number of carbonyl (C=O) groups is 2. The summed E-state index contributed by atoms with van der Waals surface area (Å²) >= 11 is 1.58. The van der Waals surface area contributed by atoms with Gasteiger partial charge < -0.3 is 0 Å². The molecule has 0 saturated heterocycles. The van der Waals surface area contributed by atoms with Gasteiger partial charge in [0, 0.05) is 26.5 Å². The van der Waals surface area contributed by atoms with Crippen LogP contribution >= 0.6 is 11.8 Å². The minimum Gasteiger partial charge on any atom is -0.273 e. The van der Waals surface area contributed by atoms with E-state index in [1.165, 1.54) is 0 Å². The molecule has 0 unspecified atom stereocenters. The van der Waals surface area contributed by atoms with Crippen molar-refractivity contribution in [2.45, 2.75) is 30.1 Å². The second-order valence-corrected chi connectivity index (χ2v) is 9.18. The van der Waals surface area contributed by atoms with Gasteiger partial charge in [0.2, 0.25) is 5.91 Å². The van der Waals surface area contributed by atoms with E-state index in [-0.39, 0.29) is 12.3 Å². The SMILES string of the molecule is CC.N#Cc1ccc(C2=Nc3cc(C(=O)NNC(=O)Cc4ccccc4)ccc3Sc3ccccc32)cc1. The molecular weight excluding hydrogens is 492 g/mol. The molecule has 0 spiro atoms. The van der Waals surface area contributed by atoms with E-state index in [0.717, 1.165) is 32.2 Å². The van der Waals surface area contributed by atoms with Gasteiger partial charge >= 0.3 is 0 Å². The number of aliphatic imine (C=N–C) groups is 1. The van der Waals surface area contributed by atoms with E-state index in [2.05, 4.69) is 16.9 Å². The highest BCUT2D eigenvalue weighted by Crippen LogP contribution is 2.41. The topological polar surface area (TPSA) is 94.3 Å². The largest absolute Gasteiger partial charge is 0.273 e. The Hall–Kier alpha value is -4.67. The summed E-state index contributed by atoms with van der Waals surface area (Å²) in [7, 11) is 0. The molecule has 1 aliphatic rings. The van der Waals surface area contributed by atoms with Crippen LogP contribution in [-0.4, -0.2) is 17.5 Å². The fourth-order valence-corrected chi connectivity index (χ4v) is 4.83. The molecule has 0 aromatic heterocycles. The zero-order valence-electron chi connectivity index (χ0n) is 21.1. The second kappa shape index (κ2) is 12.5. The lowest BCUT2D eigenvalue weighted by molar-refractivity contribution is -0.121. The number of hydrogen-bond donors (Lipinski definition) is 2. The lowest BCUT2D eigenvalue weighted by Gasteiger charge is -2.09. The third-order valence-electron chi connectivity index (χ3n) is 5.63. The van der Waals surface area contributed by atoms with Gasteiger partial charge in [-0.25, -0.2) is 4.99 Å². The number of nitrogens with one attached hydrogen (secondary N) is 2. The van der Waals surface area contributed by atoms with Crippen LogP contribution < -0.4 is 10.9 Å². The molecule has 1 aliphatic heterocycles. The van der Waals surface area contributed by atoms with E-state index in [1.54, 1.807) is 36.0 Å². The van der Waals surface area contributed by atoms with Gasteiger partial charge in [0.05, 0.1) is 29.5 Å². The van der Waals surface area contributed by atoms with Crippen molar-refractivity contribution in [2.24, 2.45) is 4.99 Å². The molecule has 5 rings (SSSR count). The Labute approximate surface area is 226 Å². The van der Waals surface area contributed by atoms with Crippen molar-refractivity contribution in [1.82, 2.24) is 10.9 Å². The Kier molecular flexibility index (Phi) is 8.70. The molecule has 7 heteroatoms. The maximum absolute atomic E-state index is 12.8. The van der Waals surface area contributed by atoms with Gasteiger partial charge in [-0.05, 0) is 42.0 Å². The van der Waals surface area contributed by atoms with Gasteiger partial charge in [0.15, 0.2) is 0 Å². The van der Waals surface area contributed by atoms with Crippen LogP contribution in [0.2, 0.25) is 0 Å². The predicted molar refractivity (Wildman–Crippen MR) is 151 cm³/mol. The molecule has 0 aliphatic carbocycles. The molecule has 2 amide bonds. The molecule has 4 aromatic rings. The smallest absolute Gasteiger partial charge is 0.269 e. The van der Waals surface area contributed by atoms with Crippen molar-refractivity contribution < 1.29 is 9.59 Å². The molecule has 188 valence electrons. The minimum atomic E-state index is -0.430. The standard InChI is InChI=1S/C29H20N4O2S.C2H6/c30-18-20-10-12-21(13-11-20)28-23-8-4-5-9-25(23)36-26-15-14-22(17-24(26)31-28)29(35)33-32-27(34)16-19-6-2-1-3-7-19;1-2/h1-15,17H,16H2,(H,32,34)(H,33,35);1-2H3. The molecule has 6 nitrogen and oxygen atoms in total. The number of hydrazine groups is 1. The highest BCUT2D eigenvalue weighted by atomic mass is 32.2. The van der Waals surface area contributed by atoms with Crippen molar-refractivity contribution in [3.05, 3.63) is 125 Å². The van der Waals surface area contributed by atoms with Gasteiger partial charge in [-0.2, -0.15) is 5.26 Å². The first-order valence-electron chi connectivity index (χ1n) is 12.2. The summed E-state index contributed by atoms with van der Waals surface area (Å²) < 4.78 is 0. The quantitative estimate of drug-likeness (QED) is 0.276. The monoisotopic (exact) mass is 518 g/mol. The number of carbonyl (C=O) groups excluding carboxylic acids is 2. The predicted octanol–water partition coefficient (Wildman–Crippen LogP) is 6.22. The molecule has 2 N–H and O–H groups in total. The molecule has 0 fully saturated rings. The van der Waals surface area contributed by atoms with Crippen LogP contribution in [0.25, 0.3) is 0 Å². The van der Waals surface area contributed by atoms with E-state index < -0.39 is 5.91 Å². The van der Waals surface area contributed by atoms with Gasteiger partial charge in [-0.15, -0.1) is 0 Å². The molecule has 0 atom stereocenters. The van der Waals surface area contributed by atoms with Crippen molar-refractivity contribution in [3.63, 3.8) is 0 Å². The summed E-state index contributed by atoms with van der Waals surface area (Å²) in [6, 6.07) is 32.0. The lowest BCUT2D eigenvalue weighted by atomic mass is 10.0. The Morgan fingerprint density at radius 3 is 2.29 bits per heavy atom. The first-order valence-corrected chi connectivity index (χ1v) is 13.1. The number of rotatable bonds is 4. The number of nitriles is 1. The third kappa shape index (κ3) is 6.17. The Morgan fingerprint density at radius 2 is 1.55 bits per heavy atom. The first kappa shape index (κ1) is 26.4. The number of nitrogens with zero attached hydrogens (tertiary/aromatic N) is 2. The van der Waals surface area contributed by atoms with Crippen LogP contribution in [-0.2, 0) is 11.2 Å². The summed E-state index contributed by atoms with van der Waals surface area (Å²) in [5, 5.41) is 9.16. The fraction of sp³-hybridized carbons (Fsp3) is 0.0968. The maximum atomic E-state index is 12.8. The summed E-state index contributed by atoms with van der Waals surface area (Å²) in [6.45, 7) is 4.00. The number of amides is 2. The highest BCUT2D eigenvalue weighted by Gasteiger charge is 2.20. The normalized spacial score (nSPS) is 11.2. The van der Waals surface area contributed by atoms with E-state index in [9.17, 15) is 9.59 Å². The molecule has 4 aromatic carbocycles. The summed E-state index contributed by atoms with van der Waals surface area (Å²) in [4.78, 5) is 31.9. The van der Waals surface area contributed by atoms with Gasteiger partial charge in [-0.1, -0.05) is 86.3 Å². The number of benzene rings is 4. The summed E-state index contributed by atoms with van der Waals surface area (Å²) in [5.74, 6) is -0.738. The molecule has 0 bridgehead atoms. The van der Waals surface area contributed by atoms with Crippen molar-refractivity contribution >= 4 is 35.0 Å². The van der Waals surface area contributed by atoms with Crippen LogP contribution in [0.5, 0.6) is 0 Å². The molecular formula is C31H26N4O2S. The van der Waals surface area contributed by atoms with Crippen LogP contribution in [0, 0.1) is 11.3 Å². The van der Waals surface area contributed by atoms with Gasteiger partial charge in [0.25, 0.3) is 5.91 Å². The number of hydrogen-bond acceptors (Lipinski definition) is 5. The molecule has 38 heavy (non-hydrogen) atoms. The Bertz CT molecular complexity index is 1520. The minimum absolute atomic E-state index is 0.165. The summed E-state index contributed by atoms with van der Waals surface area (Å²) in [6.07, 6.45) is 0.165. The fourth-order valence-electron chi connectivity index (χ4n) is 3.83. The van der Waals surface area contributed by atoms with Crippen molar-refractivity contribution in [2.75, 3.05) is 0 Å². The second-order valence-electron chi connectivity index (χ2n) is 8.09. The van der Waals surface area contributed by atoms with Crippen molar-refractivity contribution in [1.29, 1.82) is 5.26 Å². The van der Waals surface area contributed by atoms with Crippen LogP contribution in [0.4, 0.5) is 5.69 Å². The Balaban J connectivity index is 0.00000164. The van der Waals surface area contributed by atoms with E-state index in [4.69, 9.17) is 10.3 Å². The highest BCUT2D eigenvalue weighted by molar-refractivity contribution is 7.99. The zero-order chi connectivity index (χ0) is 26.9. The third-order valence-corrected chi connectivity index (χ3v) is 6.77. The van der Waals surface area contributed by atoms with Crippen molar-refractivity contribution in [3.8, 4) is 6.07 Å². The molecule has 0 saturated carbocycles.